The fourth-order valence-corrected chi connectivity index (χ4v) is 2.34. The van der Waals surface area contributed by atoms with Gasteiger partial charge in [-0.05, 0) is 31.7 Å². The maximum Gasteiger partial charge on any atom is 0.411 e. The van der Waals surface area contributed by atoms with Crippen LogP contribution >= 0.6 is 0 Å². The van der Waals surface area contributed by atoms with Gasteiger partial charge in [0.1, 0.15) is 6.61 Å². The quantitative estimate of drug-likeness (QED) is 0.720. The summed E-state index contributed by atoms with van der Waals surface area (Å²) in [5.41, 5.74) is 0. The van der Waals surface area contributed by atoms with Crippen LogP contribution in [0, 0.1) is 5.92 Å². The van der Waals surface area contributed by atoms with Crippen molar-refractivity contribution < 1.29 is 17.9 Å². The summed E-state index contributed by atoms with van der Waals surface area (Å²) in [5.74, 6) is 0.480. The third kappa shape index (κ3) is 5.16. The Bertz CT molecular complexity index is 196. The molecule has 0 radical (unpaired) electrons. The topological polar surface area (TPSA) is 21.3 Å². The second-order valence-corrected chi connectivity index (χ2v) is 4.31. The van der Waals surface area contributed by atoms with Crippen molar-refractivity contribution in [2.24, 2.45) is 5.92 Å². The molecule has 1 aliphatic carbocycles. The first kappa shape index (κ1) is 13.8. The van der Waals surface area contributed by atoms with Crippen LogP contribution in [0.1, 0.15) is 32.6 Å². The van der Waals surface area contributed by atoms with E-state index in [1.54, 1.807) is 0 Å². The zero-order valence-corrected chi connectivity index (χ0v) is 9.65. The van der Waals surface area contributed by atoms with Gasteiger partial charge in [-0.1, -0.05) is 13.3 Å². The van der Waals surface area contributed by atoms with Gasteiger partial charge < -0.3 is 10.1 Å². The molecule has 1 saturated carbocycles. The average molecular weight is 239 g/mol. The average Bonchev–Trinajstić information content (AvgIpc) is 2.60. The Balaban J connectivity index is 2.12. The first-order valence-corrected chi connectivity index (χ1v) is 5.91. The molecule has 0 aliphatic heterocycles. The summed E-state index contributed by atoms with van der Waals surface area (Å²) in [7, 11) is 0. The van der Waals surface area contributed by atoms with E-state index in [1.165, 1.54) is 6.42 Å². The molecule has 2 unspecified atom stereocenters. The number of halogens is 3. The maximum absolute atomic E-state index is 11.8. The second kappa shape index (κ2) is 6.45. The molecule has 5 heteroatoms. The van der Waals surface area contributed by atoms with Gasteiger partial charge in [0.15, 0.2) is 0 Å². The van der Waals surface area contributed by atoms with E-state index in [9.17, 15) is 13.2 Å². The van der Waals surface area contributed by atoms with Gasteiger partial charge in [-0.3, -0.25) is 0 Å². The Morgan fingerprint density at radius 2 is 2.06 bits per heavy atom. The summed E-state index contributed by atoms with van der Waals surface area (Å²) in [4.78, 5) is 0. The Kier molecular flexibility index (Phi) is 5.55. The molecule has 0 spiro atoms. The number of alkyl halides is 3. The van der Waals surface area contributed by atoms with Crippen molar-refractivity contribution in [1.82, 2.24) is 5.32 Å². The van der Waals surface area contributed by atoms with Gasteiger partial charge in [0.05, 0.1) is 0 Å². The number of hydrogen-bond donors (Lipinski definition) is 1. The molecule has 1 N–H and O–H groups in total. The minimum atomic E-state index is -4.20. The number of rotatable bonds is 6. The molecule has 1 rings (SSSR count). The van der Waals surface area contributed by atoms with Crippen molar-refractivity contribution >= 4 is 0 Å². The molecule has 0 bridgehead atoms. The molecule has 2 atom stereocenters. The molecule has 16 heavy (non-hydrogen) atoms. The van der Waals surface area contributed by atoms with Crippen molar-refractivity contribution in [1.29, 1.82) is 0 Å². The van der Waals surface area contributed by atoms with E-state index in [1.807, 2.05) is 0 Å². The third-order valence-electron chi connectivity index (χ3n) is 3.02. The monoisotopic (exact) mass is 239 g/mol. The molecular weight excluding hydrogens is 219 g/mol. The first-order chi connectivity index (χ1) is 7.53. The number of ether oxygens (including phenoxy) is 1. The molecule has 0 aromatic carbocycles. The molecule has 1 aliphatic rings. The summed E-state index contributed by atoms with van der Waals surface area (Å²) < 4.78 is 40.1. The Hall–Kier alpha value is -0.290. The first-order valence-electron chi connectivity index (χ1n) is 5.91. The van der Waals surface area contributed by atoms with Crippen molar-refractivity contribution in [3.8, 4) is 0 Å². The lowest BCUT2D eigenvalue weighted by atomic mass is 10.0. The molecule has 0 aromatic heterocycles. The highest BCUT2D eigenvalue weighted by atomic mass is 19.4. The summed E-state index contributed by atoms with van der Waals surface area (Å²) in [6.07, 6.45) is -0.0586. The normalized spacial score (nSPS) is 26.2. The Morgan fingerprint density at radius 1 is 1.31 bits per heavy atom. The van der Waals surface area contributed by atoms with E-state index >= 15 is 0 Å². The second-order valence-electron chi connectivity index (χ2n) is 4.31. The molecular formula is C11H20F3NO. The van der Waals surface area contributed by atoms with Gasteiger partial charge in [0.2, 0.25) is 0 Å². The van der Waals surface area contributed by atoms with Crippen LogP contribution in [0.15, 0.2) is 0 Å². The lowest BCUT2D eigenvalue weighted by molar-refractivity contribution is -0.174. The Morgan fingerprint density at radius 3 is 2.69 bits per heavy atom. The molecule has 0 aromatic rings. The van der Waals surface area contributed by atoms with E-state index in [0.717, 1.165) is 25.8 Å². The predicted octanol–water partition coefficient (Wildman–Crippen LogP) is 2.73. The summed E-state index contributed by atoms with van der Waals surface area (Å²) in [5, 5.41) is 3.37. The van der Waals surface area contributed by atoms with Crippen LogP contribution in [0.5, 0.6) is 0 Å². The molecule has 1 fully saturated rings. The lowest BCUT2D eigenvalue weighted by Gasteiger charge is -2.20. The minimum Gasteiger partial charge on any atom is -0.372 e. The van der Waals surface area contributed by atoms with Crippen LogP contribution < -0.4 is 5.32 Å². The van der Waals surface area contributed by atoms with Gasteiger partial charge >= 0.3 is 6.18 Å². The lowest BCUT2D eigenvalue weighted by Crippen LogP contribution is -2.32. The van der Waals surface area contributed by atoms with Crippen molar-refractivity contribution in [2.45, 2.75) is 44.8 Å². The Labute approximate surface area is 94.5 Å². The predicted molar refractivity (Wildman–Crippen MR) is 56.3 cm³/mol. The van der Waals surface area contributed by atoms with Gasteiger partial charge in [-0.15, -0.1) is 0 Å². The van der Waals surface area contributed by atoms with Gasteiger partial charge in [-0.2, -0.15) is 13.2 Å². The van der Waals surface area contributed by atoms with E-state index in [2.05, 4.69) is 17.0 Å². The van der Waals surface area contributed by atoms with Gasteiger partial charge in [-0.25, -0.2) is 0 Å². The van der Waals surface area contributed by atoms with E-state index < -0.39 is 12.8 Å². The van der Waals surface area contributed by atoms with Crippen LogP contribution in [0.2, 0.25) is 0 Å². The van der Waals surface area contributed by atoms with Gasteiger partial charge in [0.25, 0.3) is 0 Å². The molecule has 0 amide bonds. The zero-order chi connectivity index (χ0) is 12.0. The number of hydrogen-bond acceptors (Lipinski definition) is 2. The highest BCUT2D eigenvalue weighted by Crippen LogP contribution is 2.28. The standard InChI is InChI=1S/C11H20F3NO/c1-2-15-10-5-3-4-9(10)6-7-16-8-11(12,13)14/h9-10,15H,2-8H2,1H3. The van der Waals surface area contributed by atoms with Crippen LogP contribution in [0.4, 0.5) is 13.2 Å². The SMILES string of the molecule is CCNC1CCCC1CCOCC(F)(F)F. The third-order valence-corrected chi connectivity index (χ3v) is 3.02. The molecule has 2 nitrogen and oxygen atoms in total. The van der Waals surface area contributed by atoms with Crippen molar-refractivity contribution in [3.05, 3.63) is 0 Å². The van der Waals surface area contributed by atoms with Crippen LogP contribution in [-0.2, 0) is 4.74 Å². The summed E-state index contributed by atoms with van der Waals surface area (Å²) in [6, 6.07) is 0.472. The van der Waals surface area contributed by atoms with E-state index in [0.29, 0.717) is 12.0 Å². The van der Waals surface area contributed by atoms with E-state index in [-0.39, 0.29) is 6.61 Å². The molecule has 0 heterocycles. The fourth-order valence-electron chi connectivity index (χ4n) is 2.34. The van der Waals surface area contributed by atoms with Crippen LogP contribution in [-0.4, -0.2) is 32.0 Å². The maximum atomic E-state index is 11.8. The smallest absolute Gasteiger partial charge is 0.372 e. The minimum absolute atomic E-state index is 0.214. The van der Waals surface area contributed by atoms with Crippen LogP contribution in [0.3, 0.4) is 0 Å². The fraction of sp³-hybridized carbons (Fsp3) is 1.00. The zero-order valence-electron chi connectivity index (χ0n) is 9.65. The molecule has 0 saturated heterocycles. The largest absolute Gasteiger partial charge is 0.411 e. The van der Waals surface area contributed by atoms with Crippen molar-refractivity contribution in [3.63, 3.8) is 0 Å². The summed E-state index contributed by atoms with van der Waals surface area (Å²) in [6.45, 7) is 2.07. The number of nitrogens with one attached hydrogen (secondary N) is 1. The highest BCUT2D eigenvalue weighted by molar-refractivity contribution is 4.82. The van der Waals surface area contributed by atoms with E-state index in [4.69, 9.17) is 0 Å². The van der Waals surface area contributed by atoms with Crippen molar-refractivity contribution in [2.75, 3.05) is 19.8 Å². The van der Waals surface area contributed by atoms with Crippen LogP contribution in [0.25, 0.3) is 0 Å². The summed E-state index contributed by atoms with van der Waals surface area (Å²) >= 11 is 0. The molecule has 96 valence electrons. The highest BCUT2D eigenvalue weighted by Gasteiger charge is 2.29. The van der Waals surface area contributed by atoms with Gasteiger partial charge in [0, 0.05) is 12.6 Å².